The van der Waals surface area contributed by atoms with Crippen molar-refractivity contribution in [2.75, 3.05) is 6.54 Å². The number of aromatic nitrogens is 3. The van der Waals surface area contributed by atoms with E-state index in [-0.39, 0.29) is 17.6 Å². The number of aliphatic hydroxyl groups is 1. The Morgan fingerprint density at radius 1 is 0.855 bits per heavy atom. The van der Waals surface area contributed by atoms with Crippen LogP contribution in [0, 0.1) is 40.4 Å². The molecule has 7 heteroatoms. The molecule has 10 rings (SSSR count). The van der Waals surface area contributed by atoms with Gasteiger partial charge in [-0.1, -0.05) is 84.6 Å². The lowest BCUT2D eigenvalue weighted by Gasteiger charge is -2.55. The van der Waals surface area contributed by atoms with Gasteiger partial charge in [-0.15, -0.1) is 0 Å². The average Bonchev–Trinajstić information content (AvgIpc) is 3.52. The highest BCUT2D eigenvalue weighted by Crippen LogP contribution is 2.60. The molecular formula is C48H53N5O2. The van der Waals surface area contributed by atoms with E-state index in [0.717, 1.165) is 133 Å². The van der Waals surface area contributed by atoms with Crippen LogP contribution < -0.4 is 10.8 Å². The van der Waals surface area contributed by atoms with Gasteiger partial charge >= 0.3 is 0 Å². The summed E-state index contributed by atoms with van der Waals surface area (Å²) in [5.74, 6) is 9.51. The van der Waals surface area contributed by atoms with Crippen LogP contribution in [0.5, 0.6) is 0 Å². The van der Waals surface area contributed by atoms with E-state index in [1.54, 1.807) is 0 Å². The predicted octanol–water partition coefficient (Wildman–Crippen LogP) is 9.03. The standard InChI is InChI=1S/C48H53N5O2/c49-45-43-42(38-15-6-3-7-16-38)44(39-17-8-4-9-18-39)52(46(43)51-32-53(45)40-19-21-41(54)22-20-40)31-34-14-11-13-33(24-34)12-5-1-2-10-23-50-47(55)48-28-35-25-36(29-48)27-37(26-35)30-48/h3-4,6-9,11,13-18,24,32,35-37,40-41,49,54H,1-2,10,19-23,25-31H2,(H,50,55). The van der Waals surface area contributed by atoms with Gasteiger partial charge in [-0.25, -0.2) is 4.98 Å². The number of unbranched alkanes of at least 4 members (excludes halogenated alkanes) is 2. The van der Waals surface area contributed by atoms with Gasteiger partial charge < -0.3 is 19.6 Å². The highest BCUT2D eigenvalue weighted by molar-refractivity contribution is 6.02. The molecule has 4 bridgehead atoms. The summed E-state index contributed by atoms with van der Waals surface area (Å²) in [6, 6.07) is 29.5. The van der Waals surface area contributed by atoms with Crippen molar-refractivity contribution >= 4 is 16.9 Å². The molecule has 0 saturated heterocycles. The third-order valence-electron chi connectivity index (χ3n) is 13.2. The Morgan fingerprint density at radius 3 is 2.22 bits per heavy atom. The number of rotatable bonds is 10. The molecule has 0 spiro atoms. The molecular weight excluding hydrogens is 679 g/mol. The Kier molecular flexibility index (Phi) is 9.95. The Morgan fingerprint density at radius 2 is 1.53 bits per heavy atom. The summed E-state index contributed by atoms with van der Waals surface area (Å²) in [4.78, 5) is 18.4. The van der Waals surface area contributed by atoms with Crippen LogP contribution in [-0.2, 0) is 11.3 Å². The smallest absolute Gasteiger partial charge is 0.226 e. The first kappa shape index (κ1) is 35.8. The van der Waals surface area contributed by atoms with E-state index in [9.17, 15) is 15.3 Å². The largest absolute Gasteiger partial charge is 0.393 e. The maximum absolute atomic E-state index is 13.3. The minimum Gasteiger partial charge on any atom is -0.393 e. The number of fused-ring (bicyclic) bond motifs is 1. The van der Waals surface area contributed by atoms with Crippen molar-refractivity contribution in [1.29, 1.82) is 5.41 Å². The van der Waals surface area contributed by atoms with Crippen LogP contribution in [-0.4, -0.2) is 37.8 Å². The molecule has 3 N–H and O–H groups in total. The van der Waals surface area contributed by atoms with Crippen LogP contribution in [0.1, 0.15) is 101 Å². The van der Waals surface area contributed by atoms with E-state index in [4.69, 9.17) is 4.98 Å². The Balaban J connectivity index is 0.943. The Bertz CT molecular complexity index is 2250. The molecule has 1 amide bonds. The highest BCUT2D eigenvalue weighted by atomic mass is 16.3. The molecule has 5 aromatic rings. The molecule has 282 valence electrons. The number of hydrogen-bond acceptors (Lipinski definition) is 4. The second-order valence-electron chi connectivity index (χ2n) is 17.1. The van der Waals surface area contributed by atoms with Crippen molar-refractivity contribution in [3.63, 3.8) is 0 Å². The van der Waals surface area contributed by atoms with E-state index < -0.39 is 0 Å². The first-order valence-corrected chi connectivity index (χ1v) is 20.8. The Labute approximate surface area is 324 Å². The quantitative estimate of drug-likeness (QED) is 0.0989. The molecule has 3 aromatic carbocycles. The first-order valence-electron chi connectivity index (χ1n) is 20.8. The van der Waals surface area contributed by atoms with Gasteiger partial charge in [-0.05, 0) is 124 Å². The second-order valence-corrected chi connectivity index (χ2v) is 17.1. The molecule has 0 atom stereocenters. The summed E-state index contributed by atoms with van der Waals surface area (Å²) < 4.78 is 4.32. The summed E-state index contributed by atoms with van der Waals surface area (Å²) in [6.07, 6.45) is 14.9. The maximum Gasteiger partial charge on any atom is 0.226 e. The summed E-state index contributed by atoms with van der Waals surface area (Å²) in [7, 11) is 0. The van der Waals surface area contributed by atoms with E-state index in [2.05, 4.69) is 94.5 Å². The fourth-order valence-corrected chi connectivity index (χ4v) is 11.0. The van der Waals surface area contributed by atoms with Gasteiger partial charge in [0.2, 0.25) is 5.91 Å². The van der Waals surface area contributed by atoms with Crippen molar-refractivity contribution in [3.05, 3.63) is 108 Å². The van der Waals surface area contributed by atoms with Crippen molar-refractivity contribution in [2.24, 2.45) is 23.2 Å². The van der Waals surface area contributed by atoms with Crippen LogP contribution in [0.2, 0.25) is 0 Å². The van der Waals surface area contributed by atoms with Crippen LogP contribution >= 0.6 is 0 Å². The molecule has 5 saturated carbocycles. The van der Waals surface area contributed by atoms with Gasteiger partial charge in [0.25, 0.3) is 0 Å². The first-order chi connectivity index (χ1) is 26.9. The number of aliphatic hydroxyl groups excluding tert-OH is 1. The Hall–Kier alpha value is -4.93. The molecule has 0 aliphatic heterocycles. The zero-order valence-corrected chi connectivity index (χ0v) is 31.9. The van der Waals surface area contributed by atoms with E-state index >= 15 is 0 Å². The minimum absolute atomic E-state index is 0.0703. The molecule has 0 unspecified atom stereocenters. The molecule has 55 heavy (non-hydrogen) atoms. The average molecular weight is 732 g/mol. The molecule has 2 aromatic heterocycles. The number of carbonyl (C=O) groups is 1. The summed E-state index contributed by atoms with van der Waals surface area (Å²) in [5.41, 5.74) is 7.51. The summed E-state index contributed by atoms with van der Waals surface area (Å²) >= 11 is 0. The van der Waals surface area contributed by atoms with Crippen LogP contribution in [0.15, 0.2) is 91.3 Å². The lowest BCUT2D eigenvalue weighted by molar-refractivity contribution is -0.146. The fourth-order valence-electron chi connectivity index (χ4n) is 11.0. The van der Waals surface area contributed by atoms with Crippen LogP contribution in [0.25, 0.3) is 33.4 Å². The van der Waals surface area contributed by atoms with Gasteiger partial charge in [0.05, 0.1) is 23.5 Å². The van der Waals surface area contributed by atoms with E-state index in [1.165, 1.54) is 19.3 Å². The number of benzene rings is 3. The molecule has 5 aliphatic rings. The molecule has 2 heterocycles. The van der Waals surface area contributed by atoms with Gasteiger partial charge in [0.15, 0.2) is 0 Å². The molecule has 5 fully saturated rings. The number of hydrogen-bond donors (Lipinski definition) is 3. The van der Waals surface area contributed by atoms with Gasteiger partial charge in [0, 0.05) is 42.1 Å². The fraction of sp³-hybridized carbons (Fsp3) is 0.438. The highest BCUT2D eigenvalue weighted by Gasteiger charge is 2.54. The van der Waals surface area contributed by atoms with Crippen molar-refractivity contribution < 1.29 is 9.90 Å². The number of amides is 1. The normalized spacial score (nSPS) is 25.4. The molecule has 5 aliphatic carbocycles. The molecule has 0 radical (unpaired) electrons. The SMILES string of the molecule is N=c1c2c(-c3ccccc3)c(-c3ccccc3)n(Cc3cccc(C#CCCCCNC(=O)C45CC6CC(CC(C6)C4)C5)c3)c2ncn1C1CCC(O)CC1. The number of carbonyl (C=O) groups excluding carboxylic acids is 1. The number of nitrogens with one attached hydrogen (secondary N) is 2. The van der Waals surface area contributed by atoms with Gasteiger partial charge in [-0.3, -0.25) is 10.2 Å². The summed E-state index contributed by atoms with van der Waals surface area (Å²) in [5, 5.41) is 24.0. The lowest BCUT2D eigenvalue weighted by Crippen LogP contribution is -2.53. The minimum atomic E-state index is -0.261. The predicted molar refractivity (Wildman–Crippen MR) is 218 cm³/mol. The lowest BCUT2D eigenvalue weighted by atomic mass is 9.49. The van der Waals surface area contributed by atoms with E-state index in [0.29, 0.717) is 17.9 Å². The van der Waals surface area contributed by atoms with Gasteiger partial charge in [0.1, 0.15) is 11.1 Å². The van der Waals surface area contributed by atoms with Crippen molar-refractivity contribution in [3.8, 4) is 34.2 Å². The second kappa shape index (κ2) is 15.3. The van der Waals surface area contributed by atoms with E-state index in [1.807, 2.05) is 23.0 Å². The van der Waals surface area contributed by atoms with Crippen LogP contribution in [0.4, 0.5) is 0 Å². The monoisotopic (exact) mass is 731 g/mol. The van der Waals surface area contributed by atoms with Crippen LogP contribution in [0.3, 0.4) is 0 Å². The third kappa shape index (κ3) is 7.18. The molecule has 7 nitrogen and oxygen atoms in total. The van der Waals surface area contributed by atoms with Gasteiger partial charge in [-0.2, -0.15) is 0 Å². The third-order valence-corrected chi connectivity index (χ3v) is 13.2. The zero-order chi connectivity index (χ0) is 37.4. The number of nitrogens with zero attached hydrogens (tertiary/aromatic N) is 3. The zero-order valence-electron chi connectivity index (χ0n) is 31.9. The maximum atomic E-state index is 13.3. The topological polar surface area (TPSA) is 95.9 Å². The summed E-state index contributed by atoms with van der Waals surface area (Å²) in [6.45, 7) is 1.33. The van der Waals surface area contributed by atoms with Crippen molar-refractivity contribution in [1.82, 2.24) is 19.4 Å². The van der Waals surface area contributed by atoms with Crippen molar-refractivity contribution in [2.45, 2.75) is 102 Å².